The number of rotatable bonds is 6. The van der Waals surface area contributed by atoms with Gasteiger partial charge in [0.25, 0.3) is 11.8 Å². The van der Waals surface area contributed by atoms with Gasteiger partial charge in [-0.15, -0.1) is 0 Å². The van der Waals surface area contributed by atoms with E-state index >= 15 is 0 Å². The van der Waals surface area contributed by atoms with Gasteiger partial charge in [-0.2, -0.15) is 18.3 Å². The van der Waals surface area contributed by atoms with E-state index in [-0.39, 0.29) is 56.9 Å². The van der Waals surface area contributed by atoms with Gasteiger partial charge >= 0.3 is 6.18 Å². The van der Waals surface area contributed by atoms with Crippen LogP contribution in [-0.4, -0.2) is 110 Å². The molecule has 2 saturated heterocycles. The number of nitrogens with two attached hydrogens (primary N) is 1. The van der Waals surface area contributed by atoms with E-state index in [1.165, 1.54) is 48.1 Å². The minimum absolute atomic E-state index is 0.00672. The van der Waals surface area contributed by atoms with Gasteiger partial charge in [-0.1, -0.05) is 11.6 Å². The van der Waals surface area contributed by atoms with E-state index in [4.69, 9.17) is 17.3 Å². The summed E-state index contributed by atoms with van der Waals surface area (Å²) >= 11 is 6.50. The fourth-order valence-corrected chi connectivity index (χ4v) is 6.49. The van der Waals surface area contributed by atoms with Crippen molar-refractivity contribution in [3.63, 3.8) is 0 Å². The average Bonchev–Trinajstić information content (AvgIpc) is 3.69. The minimum atomic E-state index is -4.81. The molecule has 50 heavy (non-hydrogen) atoms. The number of pyridine rings is 1. The second-order valence-electron chi connectivity index (χ2n) is 13.2. The molecular formula is C33H37ClF3N10O3+. The van der Waals surface area contributed by atoms with Crippen molar-refractivity contribution in [2.24, 2.45) is 13.0 Å². The van der Waals surface area contributed by atoms with Gasteiger partial charge in [0.15, 0.2) is 17.3 Å². The monoisotopic (exact) mass is 713 g/mol. The normalized spacial score (nSPS) is 16.8. The number of carbonyl (C=O) groups is 3. The number of carbonyl (C=O) groups excluding carboxylic acids is 3. The third-order valence-corrected chi connectivity index (χ3v) is 9.62. The number of alkyl halides is 3. The van der Waals surface area contributed by atoms with Crippen molar-refractivity contribution in [3.05, 3.63) is 71.0 Å². The third kappa shape index (κ3) is 7.16. The number of benzene rings is 1. The SMILES string of the molecule is Cn1c(-c2cn(-c3ccc(N)cn3)nc2C(F)(F)F)cnc1C(=O)Nc1ccc(C(=O)N2CCC(C(=O)N3CC[N+](C)(C)CC3)CC2)c(Cl)c1. The van der Waals surface area contributed by atoms with E-state index in [9.17, 15) is 27.6 Å². The summed E-state index contributed by atoms with van der Waals surface area (Å²) in [5.74, 6) is -1.01. The molecule has 3 aromatic heterocycles. The van der Waals surface area contributed by atoms with Gasteiger partial charge in [0.05, 0.1) is 80.2 Å². The van der Waals surface area contributed by atoms with E-state index < -0.39 is 17.8 Å². The second kappa shape index (κ2) is 13.4. The number of amides is 3. The maximum atomic E-state index is 14.0. The van der Waals surface area contributed by atoms with E-state index in [0.717, 1.165) is 47.7 Å². The number of likely N-dealkylation sites (tertiary alicyclic amines) is 1. The first-order valence-corrected chi connectivity index (χ1v) is 16.4. The van der Waals surface area contributed by atoms with Crippen LogP contribution in [-0.2, 0) is 18.0 Å². The van der Waals surface area contributed by atoms with E-state index in [1.54, 1.807) is 4.90 Å². The summed E-state index contributed by atoms with van der Waals surface area (Å²) in [5, 5.41) is 6.46. The maximum Gasteiger partial charge on any atom is 0.435 e. The van der Waals surface area contributed by atoms with Crippen LogP contribution in [0.5, 0.6) is 0 Å². The summed E-state index contributed by atoms with van der Waals surface area (Å²) < 4.78 is 45.2. The van der Waals surface area contributed by atoms with Crippen LogP contribution >= 0.6 is 11.6 Å². The molecule has 13 nitrogen and oxygen atoms in total. The zero-order valence-corrected chi connectivity index (χ0v) is 28.5. The molecule has 264 valence electrons. The molecule has 0 spiro atoms. The highest BCUT2D eigenvalue weighted by molar-refractivity contribution is 6.34. The summed E-state index contributed by atoms with van der Waals surface area (Å²) in [5.41, 5.74) is 4.99. The number of aromatic nitrogens is 5. The van der Waals surface area contributed by atoms with Crippen LogP contribution in [0, 0.1) is 5.92 Å². The quantitative estimate of drug-likeness (QED) is 0.288. The number of hydrogen-bond donors (Lipinski definition) is 2. The van der Waals surface area contributed by atoms with Gasteiger partial charge in [-0.25, -0.2) is 14.6 Å². The smallest absolute Gasteiger partial charge is 0.397 e. The molecule has 3 N–H and O–H groups in total. The van der Waals surface area contributed by atoms with Gasteiger partial charge < -0.3 is 29.9 Å². The number of likely N-dealkylation sites (N-methyl/N-ethyl adjacent to an activating group) is 1. The predicted molar refractivity (Wildman–Crippen MR) is 179 cm³/mol. The lowest BCUT2D eigenvalue weighted by Gasteiger charge is -2.41. The first-order valence-electron chi connectivity index (χ1n) is 16.0. The Morgan fingerprint density at radius 2 is 1.68 bits per heavy atom. The highest BCUT2D eigenvalue weighted by Gasteiger charge is 2.39. The number of nitrogens with one attached hydrogen (secondary N) is 1. The topological polar surface area (TPSA) is 144 Å². The summed E-state index contributed by atoms with van der Waals surface area (Å²) in [4.78, 5) is 51.4. The maximum absolute atomic E-state index is 14.0. The Morgan fingerprint density at radius 1 is 0.980 bits per heavy atom. The van der Waals surface area contributed by atoms with Crippen molar-refractivity contribution >= 4 is 40.7 Å². The van der Waals surface area contributed by atoms with Gasteiger partial charge in [0.1, 0.15) is 0 Å². The van der Waals surface area contributed by atoms with Crippen molar-refractivity contribution < 1.29 is 32.0 Å². The molecule has 1 aromatic carbocycles. The Balaban J connectivity index is 1.11. The predicted octanol–water partition coefficient (Wildman–Crippen LogP) is 3.95. The van der Waals surface area contributed by atoms with Gasteiger partial charge in [0, 0.05) is 37.9 Å². The Morgan fingerprint density at radius 3 is 2.30 bits per heavy atom. The molecule has 6 rings (SSSR count). The Kier molecular flexibility index (Phi) is 9.35. The van der Waals surface area contributed by atoms with Crippen LogP contribution in [0.3, 0.4) is 0 Å². The second-order valence-corrected chi connectivity index (χ2v) is 13.6. The number of piperidine rings is 1. The number of halogens is 4. The largest absolute Gasteiger partial charge is 0.435 e. The highest BCUT2D eigenvalue weighted by Crippen LogP contribution is 2.37. The number of quaternary nitrogens is 1. The molecule has 0 saturated carbocycles. The van der Waals surface area contributed by atoms with E-state index in [1.807, 2.05) is 4.90 Å². The number of nitrogens with zero attached hydrogens (tertiary/aromatic N) is 8. The summed E-state index contributed by atoms with van der Waals surface area (Å²) in [6.45, 7) is 4.15. The summed E-state index contributed by atoms with van der Waals surface area (Å²) in [7, 11) is 5.73. The Labute approximate surface area is 291 Å². The molecule has 2 fully saturated rings. The van der Waals surface area contributed by atoms with Gasteiger partial charge in [-0.3, -0.25) is 14.4 Å². The number of hydrogen-bond acceptors (Lipinski definition) is 7. The number of piperazine rings is 1. The molecule has 4 aromatic rings. The lowest BCUT2D eigenvalue weighted by atomic mass is 9.94. The van der Waals surface area contributed by atoms with Crippen LogP contribution in [0.25, 0.3) is 17.1 Å². The molecule has 17 heteroatoms. The number of imidazole rings is 1. The zero-order chi connectivity index (χ0) is 36.0. The molecule has 0 aliphatic carbocycles. The summed E-state index contributed by atoms with van der Waals surface area (Å²) in [6.07, 6.45) is -0.0618. The van der Waals surface area contributed by atoms with Crippen molar-refractivity contribution in [2.75, 3.05) is 64.4 Å². The van der Waals surface area contributed by atoms with Crippen LogP contribution in [0.2, 0.25) is 5.02 Å². The third-order valence-electron chi connectivity index (χ3n) is 9.31. The molecule has 5 heterocycles. The average molecular weight is 714 g/mol. The minimum Gasteiger partial charge on any atom is -0.397 e. The lowest BCUT2D eigenvalue weighted by molar-refractivity contribution is -0.894. The Bertz CT molecular complexity index is 1920. The van der Waals surface area contributed by atoms with Crippen LogP contribution in [0.4, 0.5) is 24.5 Å². The number of anilines is 2. The van der Waals surface area contributed by atoms with Gasteiger partial charge in [-0.05, 0) is 43.2 Å². The molecule has 0 radical (unpaired) electrons. The van der Waals surface area contributed by atoms with Crippen LogP contribution in [0.15, 0.2) is 48.9 Å². The van der Waals surface area contributed by atoms with E-state index in [0.29, 0.717) is 31.6 Å². The van der Waals surface area contributed by atoms with Crippen LogP contribution in [0.1, 0.15) is 39.5 Å². The van der Waals surface area contributed by atoms with Crippen molar-refractivity contribution in [1.29, 1.82) is 0 Å². The molecule has 3 amide bonds. The summed E-state index contributed by atoms with van der Waals surface area (Å²) in [6, 6.07) is 7.36. The van der Waals surface area contributed by atoms with Crippen molar-refractivity contribution in [2.45, 2.75) is 19.0 Å². The lowest BCUT2D eigenvalue weighted by Crippen LogP contribution is -2.57. The Hall–Kier alpha value is -4.96. The first kappa shape index (κ1) is 34.9. The fourth-order valence-electron chi connectivity index (χ4n) is 6.23. The zero-order valence-electron chi connectivity index (χ0n) is 27.7. The molecular weight excluding hydrogens is 677 g/mol. The first-order chi connectivity index (χ1) is 23.6. The number of nitrogen functional groups attached to an aromatic ring is 1. The van der Waals surface area contributed by atoms with Crippen molar-refractivity contribution in [1.82, 2.24) is 34.1 Å². The van der Waals surface area contributed by atoms with Gasteiger partial charge in [0.2, 0.25) is 5.91 Å². The molecule has 2 aliphatic heterocycles. The standard InChI is InChI=1S/C33H36ClF3N10O3/c1-43-26(24-19-46(42-28(24)33(35,36)37)27-7-4-21(38)17-39-27)18-40-29(43)30(48)41-22-5-6-23(25(34)16-22)32(50)44-10-8-20(9-11-44)31(49)45-12-14-47(2,3)15-13-45/h4-7,16-20H,8-15,38H2,1-3H3/p+1. The highest BCUT2D eigenvalue weighted by atomic mass is 35.5. The molecule has 2 aliphatic rings. The molecule has 0 bridgehead atoms. The fraction of sp³-hybridized carbons (Fsp3) is 0.394. The van der Waals surface area contributed by atoms with Crippen LogP contribution < -0.4 is 11.1 Å². The molecule has 0 atom stereocenters. The van der Waals surface area contributed by atoms with E-state index in [2.05, 4.69) is 34.5 Å². The molecule has 0 unspecified atom stereocenters. The van der Waals surface area contributed by atoms with Crippen molar-refractivity contribution in [3.8, 4) is 17.1 Å².